The lowest BCUT2D eigenvalue weighted by atomic mass is 10.0. The normalized spacial score (nSPS) is 25.1. The van der Waals surface area contributed by atoms with Crippen LogP contribution in [0.4, 0.5) is 0 Å². The molecule has 16 heavy (non-hydrogen) atoms. The number of ether oxygens (including phenoxy) is 2. The number of nitrogens with one attached hydrogen (secondary N) is 1. The van der Waals surface area contributed by atoms with Crippen molar-refractivity contribution in [3.63, 3.8) is 0 Å². The van der Waals surface area contributed by atoms with Crippen LogP contribution < -0.4 is 5.32 Å². The lowest BCUT2D eigenvalue weighted by Crippen LogP contribution is -2.42. The Hall–Kier alpha value is -0.360. The van der Waals surface area contributed by atoms with E-state index in [1.165, 1.54) is 0 Å². The molecule has 1 aliphatic rings. The fourth-order valence-corrected chi connectivity index (χ4v) is 2.16. The van der Waals surface area contributed by atoms with Crippen molar-refractivity contribution in [3.05, 3.63) is 22.6 Å². The number of methoxy groups -OCH3 is 1. The van der Waals surface area contributed by atoms with Crippen LogP contribution in [0.2, 0.25) is 0 Å². The summed E-state index contributed by atoms with van der Waals surface area (Å²) in [7, 11) is 1.74. The second-order valence-electron chi connectivity index (χ2n) is 4.00. The van der Waals surface area contributed by atoms with E-state index in [4.69, 9.17) is 13.9 Å². The zero-order valence-corrected chi connectivity index (χ0v) is 10.9. The van der Waals surface area contributed by atoms with E-state index >= 15 is 0 Å². The first-order chi connectivity index (χ1) is 7.74. The van der Waals surface area contributed by atoms with E-state index in [-0.39, 0.29) is 5.60 Å². The van der Waals surface area contributed by atoms with Gasteiger partial charge in [-0.1, -0.05) is 0 Å². The van der Waals surface area contributed by atoms with Crippen LogP contribution in [0.3, 0.4) is 0 Å². The van der Waals surface area contributed by atoms with Crippen LogP contribution in [0.1, 0.15) is 12.2 Å². The minimum Gasteiger partial charge on any atom is -0.453 e. The van der Waals surface area contributed by atoms with Crippen LogP contribution in [0.15, 0.2) is 21.2 Å². The SMILES string of the molecule is COC1(CNCc2ccc(Br)o2)CCOC1. The maximum Gasteiger partial charge on any atom is 0.169 e. The van der Waals surface area contributed by atoms with E-state index in [0.29, 0.717) is 13.2 Å². The zero-order valence-electron chi connectivity index (χ0n) is 9.29. The monoisotopic (exact) mass is 289 g/mol. The molecule has 1 N–H and O–H groups in total. The van der Waals surface area contributed by atoms with E-state index in [0.717, 1.165) is 30.0 Å². The average molecular weight is 290 g/mol. The van der Waals surface area contributed by atoms with Gasteiger partial charge in [-0.15, -0.1) is 0 Å². The summed E-state index contributed by atoms with van der Waals surface area (Å²) in [4.78, 5) is 0. The third kappa shape index (κ3) is 2.85. The molecule has 1 fully saturated rings. The van der Waals surface area contributed by atoms with Gasteiger partial charge in [-0.05, 0) is 28.1 Å². The maximum absolute atomic E-state index is 5.51. The molecule has 1 aromatic heterocycles. The predicted octanol–water partition coefficient (Wildman–Crippen LogP) is 1.94. The molecule has 0 spiro atoms. The van der Waals surface area contributed by atoms with Crippen LogP contribution in [0.25, 0.3) is 0 Å². The highest BCUT2D eigenvalue weighted by molar-refractivity contribution is 9.10. The molecule has 0 amide bonds. The molecule has 5 heteroatoms. The number of rotatable bonds is 5. The smallest absolute Gasteiger partial charge is 0.169 e. The molecule has 0 radical (unpaired) electrons. The van der Waals surface area contributed by atoms with E-state index in [9.17, 15) is 0 Å². The van der Waals surface area contributed by atoms with Gasteiger partial charge < -0.3 is 19.2 Å². The summed E-state index contributed by atoms with van der Waals surface area (Å²) in [5.74, 6) is 0.914. The zero-order chi connectivity index (χ0) is 11.4. The predicted molar refractivity (Wildman–Crippen MR) is 63.3 cm³/mol. The summed E-state index contributed by atoms with van der Waals surface area (Å²) in [5, 5.41) is 3.33. The van der Waals surface area contributed by atoms with Gasteiger partial charge in [-0.25, -0.2) is 0 Å². The quantitative estimate of drug-likeness (QED) is 0.900. The van der Waals surface area contributed by atoms with Crippen LogP contribution in [0.5, 0.6) is 0 Å². The van der Waals surface area contributed by atoms with E-state index in [2.05, 4.69) is 21.2 Å². The van der Waals surface area contributed by atoms with Crippen molar-refractivity contribution in [2.45, 2.75) is 18.6 Å². The highest BCUT2D eigenvalue weighted by atomic mass is 79.9. The standard InChI is InChI=1S/C11H16BrNO3/c1-14-11(4-5-15-8-11)7-13-6-9-2-3-10(12)16-9/h2-3,13H,4-8H2,1H3. The largest absolute Gasteiger partial charge is 0.453 e. The molecule has 0 aromatic carbocycles. The number of furan rings is 1. The van der Waals surface area contributed by atoms with E-state index in [1.807, 2.05) is 12.1 Å². The van der Waals surface area contributed by atoms with Gasteiger partial charge >= 0.3 is 0 Å². The summed E-state index contributed by atoms with van der Waals surface area (Å²) in [6.45, 7) is 2.93. The molecular weight excluding hydrogens is 274 g/mol. The Balaban J connectivity index is 1.78. The molecule has 0 aliphatic carbocycles. The van der Waals surface area contributed by atoms with Gasteiger partial charge in [-0.2, -0.15) is 0 Å². The van der Waals surface area contributed by atoms with Crippen molar-refractivity contribution in [3.8, 4) is 0 Å². The molecule has 2 heterocycles. The fraction of sp³-hybridized carbons (Fsp3) is 0.636. The third-order valence-corrected chi connectivity index (χ3v) is 3.30. The minimum atomic E-state index is -0.163. The summed E-state index contributed by atoms with van der Waals surface area (Å²) in [5.41, 5.74) is -0.163. The molecule has 1 unspecified atom stereocenters. The van der Waals surface area contributed by atoms with Crippen LogP contribution >= 0.6 is 15.9 Å². The number of hydrogen-bond acceptors (Lipinski definition) is 4. The van der Waals surface area contributed by atoms with Gasteiger partial charge in [0.15, 0.2) is 4.67 Å². The average Bonchev–Trinajstić information content (AvgIpc) is 2.89. The summed E-state index contributed by atoms with van der Waals surface area (Å²) >= 11 is 3.28. The number of hydrogen-bond donors (Lipinski definition) is 1. The Morgan fingerprint density at radius 1 is 1.56 bits per heavy atom. The Kier molecular flexibility index (Phi) is 4.02. The molecular formula is C11H16BrNO3. The molecule has 1 atom stereocenters. The van der Waals surface area contributed by atoms with Gasteiger partial charge in [0.25, 0.3) is 0 Å². The summed E-state index contributed by atoms with van der Waals surface area (Å²) in [6, 6.07) is 3.84. The molecule has 2 rings (SSSR count). The van der Waals surface area contributed by atoms with Crippen molar-refractivity contribution in [2.75, 3.05) is 26.9 Å². The van der Waals surface area contributed by atoms with E-state index < -0.39 is 0 Å². The van der Waals surface area contributed by atoms with Crippen LogP contribution in [-0.4, -0.2) is 32.5 Å². The lowest BCUT2D eigenvalue weighted by molar-refractivity contribution is -0.0161. The van der Waals surface area contributed by atoms with Gasteiger partial charge in [0.2, 0.25) is 0 Å². The van der Waals surface area contributed by atoms with Gasteiger partial charge in [0.1, 0.15) is 11.4 Å². The van der Waals surface area contributed by atoms with Crippen LogP contribution in [0, 0.1) is 0 Å². The third-order valence-electron chi connectivity index (χ3n) is 2.88. The number of halogens is 1. The van der Waals surface area contributed by atoms with Crippen LogP contribution in [-0.2, 0) is 16.0 Å². The Morgan fingerprint density at radius 2 is 2.44 bits per heavy atom. The molecule has 0 bridgehead atoms. The molecule has 1 aliphatic heterocycles. The molecule has 4 nitrogen and oxygen atoms in total. The Morgan fingerprint density at radius 3 is 3.00 bits per heavy atom. The second-order valence-corrected chi connectivity index (χ2v) is 4.78. The van der Waals surface area contributed by atoms with Gasteiger partial charge in [-0.3, -0.25) is 0 Å². The minimum absolute atomic E-state index is 0.163. The first-order valence-corrected chi connectivity index (χ1v) is 6.11. The van der Waals surface area contributed by atoms with Crippen molar-refractivity contribution >= 4 is 15.9 Å². The molecule has 1 aromatic rings. The molecule has 1 saturated heterocycles. The summed E-state index contributed by atoms with van der Waals surface area (Å²) < 4.78 is 17.0. The highest BCUT2D eigenvalue weighted by Gasteiger charge is 2.34. The Bertz CT molecular complexity index is 334. The Labute approximate surface area is 103 Å². The summed E-state index contributed by atoms with van der Waals surface area (Å²) in [6.07, 6.45) is 0.943. The van der Waals surface area contributed by atoms with Crippen molar-refractivity contribution in [1.82, 2.24) is 5.32 Å². The van der Waals surface area contributed by atoms with Crippen molar-refractivity contribution < 1.29 is 13.9 Å². The van der Waals surface area contributed by atoms with E-state index in [1.54, 1.807) is 7.11 Å². The molecule has 0 saturated carbocycles. The van der Waals surface area contributed by atoms with Crippen molar-refractivity contribution in [1.29, 1.82) is 0 Å². The van der Waals surface area contributed by atoms with Gasteiger partial charge in [0.05, 0.1) is 13.2 Å². The fourth-order valence-electron chi connectivity index (χ4n) is 1.82. The maximum atomic E-state index is 5.51. The first-order valence-electron chi connectivity index (χ1n) is 5.32. The second kappa shape index (κ2) is 5.31. The highest BCUT2D eigenvalue weighted by Crippen LogP contribution is 2.21. The first kappa shape index (κ1) is 12.1. The lowest BCUT2D eigenvalue weighted by Gasteiger charge is -2.25. The topological polar surface area (TPSA) is 43.6 Å². The van der Waals surface area contributed by atoms with Gasteiger partial charge in [0, 0.05) is 26.7 Å². The van der Waals surface area contributed by atoms with Crippen molar-refractivity contribution in [2.24, 2.45) is 0 Å². The molecule has 90 valence electrons.